The van der Waals surface area contributed by atoms with Gasteiger partial charge >= 0.3 is 6.03 Å². The second kappa shape index (κ2) is 5.81. The highest BCUT2D eigenvalue weighted by atomic mass is 16.6. The van der Waals surface area contributed by atoms with Gasteiger partial charge in [-0.1, -0.05) is 0 Å². The summed E-state index contributed by atoms with van der Waals surface area (Å²) >= 11 is 0. The van der Waals surface area contributed by atoms with E-state index >= 15 is 0 Å². The highest BCUT2D eigenvalue weighted by molar-refractivity contribution is 5.88. The van der Waals surface area contributed by atoms with E-state index in [0.29, 0.717) is 32.1 Å². The molecule has 1 N–H and O–H groups in total. The SMILES string of the molecule is Cc1cc(NC(=O)N2C[C@H](C)O[C@]3(CCOC3)C2)nnc1C. The smallest absolute Gasteiger partial charge is 0.323 e. The van der Waals surface area contributed by atoms with E-state index in [1.807, 2.05) is 26.8 Å². The van der Waals surface area contributed by atoms with Crippen molar-refractivity contribution in [2.24, 2.45) is 0 Å². The van der Waals surface area contributed by atoms with E-state index in [1.54, 1.807) is 4.90 Å². The number of morpholine rings is 1. The first-order valence-corrected chi connectivity index (χ1v) is 7.60. The predicted molar refractivity (Wildman–Crippen MR) is 80.8 cm³/mol. The van der Waals surface area contributed by atoms with E-state index in [4.69, 9.17) is 9.47 Å². The van der Waals surface area contributed by atoms with Crippen molar-refractivity contribution in [2.45, 2.75) is 38.9 Å². The lowest BCUT2D eigenvalue weighted by atomic mass is 9.99. The minimum absolute atomic E-state index is 0.00737. The summed E-state index contributed by atoms with van der Waals surface area (Å²) in [5.74, 6) is 0.476. The maximum atomic E-state index is 12.5. The number of rotatable bonds is 1. The molecule has 3 rings (SSSR count). The van der Waals surface area contributed by atoms with Crippen molar-refractivity contribution in [3.63, 3.8) is 0 Å². The van der Waals surface area contributed by atoms with Crippen LogP contribution in [0, 0.1) is 13.8 Å². The van der Waals surface area contributed by atoms with Gasteiger partial charge in [0.25, 0.3) is 0 Å². The number of nitrogens with one attached hydrogen (secondary N) is 1. The average molecular weight is 306 g/mol. The van der Waals surface area contributed by atoms with Crippen molar-refractivity contribution in [3.8, 4) is 0 Å². The van der Waals surface area contributed by atoms with E-state index in [2.05, 4.69) is 15.5 Å². The first kappa shape index (κ1) is 15.2. The van der Waals surface area contributed by atoms with Gasteiger partial charge in [0, 0.05) is 19.6 Å². The summed E-state index contributed by atoms with van der Waals surface area (Å²) in [6.45, 7) is 8.15. The number of aryl methyl sites for hydroxylation is 2. The van der Waals surface area contributed by atoms with Crippen LogP contribution in [0.25, 0.3) is 0 Å². The Kier molecular flexibility index (Phi) is 4.01. The fourth-order valence-corrected chi connectivity index (χ4v) is 2.98. The van der Waals surface area contributed by atoms with Crippen LogP contribution in [0.5, 0.6) is 0 Å². The summed E-state index contributed by atoms with van der Waals surface area (Å²) in [5.41, 5.74) is 1.51. The van der Waals surface area contributed by atoms with E-state index in [0.717, 1.165) is 17.7 Å². The molecule has 1 spiro atoms. The predicted octanol–water partition coefficient (Wildman–Crippen LogP) is 1.51. The fraction of sp³-hybridized carbons (Fsp3) is 0.667. The lowest BCUT2D eigenvalue weighted by molar-refractivity contribution is -0.136. The van der Waals surface area contributed by atoms with Gasteiger partial charge in [-0.25, -0.2) is 4.79 Å². The Bertz CT molecular complexity index is 572. The molecule has 2 aliphatic rings. The Balaban J connectivity index is 1.69. The third kappa shape index (κ3) is 3.05. The van der Waals surface area contributed by atoms with Crippen LogP contribution in [0.2, 0.25) is 0 Å². The molecule has 2 amide bonds. The number of nitrogens with zero attached hydrogens (tertiary/aromatic N) is 3. The molecule has 0 saturated carbocycles. The number of amides is 2. The number of aromatic nitrogens is 2. The quantitative estimate of drug-likeness (QED) is 0.851. The van der Waals surface area contributed by atoms with Crippen LogP contribution in [0.4, 0.5) is 10.6 Å². The molecule has 7 nitrogen and oxygen atoms in total. The Hall–Kier alpha value is -1.73. The maximum Gasteiger partial charge on any atom is 0.323 e. The van der Waals surface area contributed by atoms with Crippen molar-refractivity contribution in [1.29, 1.82) is 0 Å². The standard InChI is InChI=1S/C15H22N4O3/c1-10-6-13(18-17-12(10)3)16-14(20)19-7-11(2)22-15(8-19)4-5-21-9-15/h6,11H,4-5,7-9H2,1-3H3,(H,16,18,20)/t11-,15+/m0/s1. The van der Waals surface area contributed by atoms with Crippen LogP contribution in [-0.2, 0) is 9.47 Å². The number of hydrogen-bond acceptors (Lipinski definition) is 5. The number of hydrogen-bond donors (Lipinski definition) is 1. The molecule has 2 atom stereocenters. The molecule has 7 heteroatoms. The summed E-state index contributed by atoms with van der Waals surface area (Å²) in [7, 11) is 0. The normalized spacial score (nSPS) is 28.1. The molecule has 3 heterocycles. The Morgan fingerprint density at radius 3 is 2.95 bits per heavy atom. The molecule has 2 saturated heterocycles. The maximum absolute atomic E-state index is 12.5. The molecule has 2 fully saturated rings. The van der Waals surface area contributed by atoms with Gasteiger partial charge in [-0.3, -0.25) is 5.32 Å². The highest BCUT2D eigenvalue weighted by Crippen LogP contribution is 2.30. The third-order valence-electron chi connectivity index (χ3n) is 4.23. The topological polar surface area (TPSA) is 76.6 Å². The number of urea groups is 1. The minimum atomic E-state index is -0.357. The van der Waals surface area contributed by atoms with E-state index in [9.17, 15) is 4.79 Å². The van der Waals surface area contributed by atoms with Crippen LogP contribution >= 0.6 is 0 Å². The summed E-state index contributed by atoms with van der Waals surface area (Å²) in [6, 6.07) is 1.66. The average Bonchev–Trinajstić information content (AvgIpc) is 2.89. The summed E-state index contributed by atoms with van der Waals surface area (Å²) < 4.78 is 11.5. The number of ether oxygens (including phenoxy) is 2. The van der Waals surface area contributed by atoms with Gasteiger partial charge in [-0.05, 0) is 32.4 Å². The number of anilines is 1. The Morgan fingerprint density at radius 2 is 2.27 bits per heavy atom. The fourth-order valence-electron chi connectivity index (χ4n) is 2.98. The van der Waals surface area contributed by atoms with Crippen LogP contribution < -0.4 is 5.32 Å². The second-order valence-corrected chi connectivity index (χ2v) is 6.22. The van der Waals surface area contributed by atoms with Gasteiger partial charge in [-0.15, -0.1) is 5.10 Å². The molecule has 1 aromatic heterocycles. The molecule has 0 aromatic carbocycles. The van der Waals surface area contributed by atoms with Gasteiger partial charge in [0.05, 0.1) is 24.9 Å². The van der Waals surface area contributed by atoms with Gasteiger partial charge in [-0.2, -0.15) is 5.10 Å². The van der Waals surface area contributed by atoms with Gasteiger partial charge < -0.3 is 14.4 Å². The van der Waals surface area contributed by atoms with E-state index in [1.165, 1.54) is 0 Å². The molecule has 1 aromatic rings. The molecule has 120 valence electrons. The molecule has 2 aliphatic heterocycles. The van der Waals surface area contributed by atoms with Crippen LogP contribution in [0.3, 0.4) is 0 Å². The third-order valence-corrected chi connectivity index (χ3v) is 4.23. The van der Waals surface area contributed by atoms with Crippen molar-refractivity contribution >= 4 is 11.8 Å². The molecule has 0 unspecified atom stereocenters. The first-order chi connectivity index (χ1) is 10.5. The zero-order chi connectivity index (χ0) is 15.7. The minimum Gasteiger partial charge on any atom is -0.378 e. The molecular formula is C15H22N4O3. The number of carbonyl (C=O) groups excluding carboxylic acids is 1. The lowest BCUT2D eigenvalue weighted by Crippen LogP contribution is -2.57. The monoisotopic (exact) mass is 306 g/mol. The van der Waals surface area contributed by atoms with E-state index in [-0.39, 0.29) is 17.7 Å². The molecule has 0 radical (unpaired) electrons. The van der Waals surface area contributed by atoms with Crippen molar-refractivity contribution < 1.29 is 14.3 Å². The van der Waals surface area contributed by atoms with Gasteiger partial charge in [0.15, 0.2) is 5.82 Å². The summed E-state index contributed by atoms with van der Waals surface area (Å²) in [5, 5.41) is 10.9. The second-order valence-electron chi connectivity index (χ2n) is 6.22. The zero-order valence-electron chi connectivity index (χ0n) is 13.3. The summed E-state index contributed by atoms with van der Waals surface area (Å²) in [4.78, 5) is 14.3. The van der Waals surface area contributed by atoms with Gasteiger partial charge in [0.2, 0.25) is 0 Å². The molecule has 0 aliphatic carbocycles. The van der Waals surface area contributed by atoms with Crippen molar-refractivity contribution in [2.75, 3.05) is 31.6 Å². The molecule has 22 heavy (non-hydrogen) atoms. The van der Waals surface area contributed by atoms with Crippen LogP contribution in [-0.4, -0.2) is 59.1 Å². The lowest BCUT2D eigenvalue weighted by Gasteiger charge is -2.42. The largest absolute Gasteiger partial charge is 0.378 e. The molecule has 0 bridgehead atoms. The first-order valence-electron chi connectivity index (χ1n) is 7.60. The molecular weight excluding hydrogens is 284 g/mol. The summed E-state index contributed by atoms with van der Waals surface area (Å²) in [6.07, 6.45) is 0.817. The zero-order valence-corrected chi connectivity index (χ0v) is 13.3. The highest BCUT2D eigenvalue weighted by Gasteiger charge is 2.44. The Labute approximate surface area is 130 Å². The van der Waals surface area contributed by atoms with Crippen molar-refractivity contribution in [3.05, 3.63) is 17.3 Å². The van der Waals surface area contributed by atoms with Gasteiger partial charge in [0.1, 0.15) is 5.60 Å². The van der Waals surface area contributed by atoms with Crippen LogP contribution in [0.1, 0.15) is 24.6 Å². The number of carbonyl (C=O) groups is 1. The van der Waals surface area contributed by atoms with Crippen LogP contribution in [0.15, 0.2) is 6.07 Å². The van der Waals surface area contributed by atoms with E-state index < -0.39 is 0 Å². The Morgan fingerprint density at radius 1 is 1.45 bits per heavy atom. The van der Waals surface area contributed by atoms with Crippen molar-refractivity contribution in [1.82, 2.24) is 15.1 Å².